The van der Waals surface area contributed by atoms with Gasteiger partial charge in [-0.3, -0.25) is 4.79 Å². The third kappa shape index (κ3) is 3.88. The minimum atomic E-state index is -3.45. The molecule has 1 fully saturated rings. The number of aryl methyl sites for hydroxylation is 2. The fourth-order valence-corrected chi connectivity index (χ4v) is 6.16. The Morgan fingerprint density at radius 2 is 1.85 bits per heavy atom. The van der Waals surface area contributed by atoms with E-state index in [4.69, 9.17) is 4.74 Å². The van der Waals surface area contributed by atoms with E-state index in [9.17, 15) is 13.2 Å². The van der Waals surface area contributed by atoms with Crippen LogP contribution in [0.2, 0.25) is 0 Å². The highest BCUT2D eigenvalue weighted by Gasteiger charge is 2.30. The molecule has 4 rings (SSSR count). The van der Waals surface area contributed by atoms with Gasteiger partial charge in [0.25, 0.3) is 15.9 Å². The zero-order valence-electron chi connectivity index (χ0n) is 15.0. The average Bonchev–Trinajstić information content (AvgIpc) is 3.37. The first-order chi connectivity index (χ1) is 13.0. The molecule has 8 heteroatoms. The van der Waals surface area contributed by atoms with Crippen LogP contribution in [0.4, 0.5) is 0 Å². The van der Waals surface area contributed by atoms with Crippen molar-refractivity contribution >= 4 is 27.3 Å². The second kappa shape index (κ2) is 7.61. The lowest BCUT2D eigenvalue weighted by Gasteiger charge is -2.33. The van der Waals surface area contributed by atoms with Crippen LogP contribution in [0.1, 0.15) is 17.5 Å². The summed E-state index contributed by atoms with van der Waals surface area (Å²) in [6.45, 7) is 1.38. The molecule has 27 heavy (non-hydrogen) atoms. The molecule has 0 radical (unpaired) electrons. The van der Waals surface area contributed by atoms with E-state index >= 15 is 0 Å². The highest BCUT2D eigenvalue weighted by molar-refractivity contribution is 7.91. The van der Waals surface area contributed by atoms with Crippen LogP contribution >= 0.6 is 11.3 Å². The molecular weight excluding hydrogens is 384 g/mol. The largest absolute Gasteiger partial charge is 0.484 e. The van der Waals surface area contributed by atoms with E-state index in [2.05, 4.69) is 6.07 Å². The smallest absolute Gasteiger partial charge is 0.260 e. The van der Waals surface area contributed by atoms with E-state index in [0.29, 0.717) is 30.4 Å². The van der Waals surface area contributed by atoms with Gasteiger partial charge < -0.3 is 9.64 Å². The first-order valence-corrected chi connectivity index (χ1v) is 11.4. The molecule has 0 spiro atoms. The summed E-state index contributed by atoms with van der Waals surface area (Å²) in [5.41, 5.74) is 2.68. The Balaban J connectivity index is 1.30. The number of piperazine rings is 1. The Bertz CT molecular complexity index is 917. The number of carbonyl (C=O) groups excluding carboxylic acids is 1. The molecule has 1 aliphatic heterocycles. The van der Waals surface area contributed by atoms with E-state index in [1.807, 2.05) is 12.1 Å². The Hall–Kier alpha value is -1.90. The molecule has 1 amide bonds. The number of hydrogen-bond donors (Lipinski definition) is 0. The number of fused-ring (bicyclic) bond motifs is 1. The van der Waals surface area contributed by atoms with Gasteiger partial charge in [-0.05, 0) is 54.0 Å². The SMILES string of the molecule is O=C(COc1ccc2c(c1)CCC2)N1CCN(S(=O)(=O)c2cccs2)CC1. The van der Waals surface area contributed by atoms with Crippen LogP contribution in [-0.4, -0.2) is 56.3 Å². The zero-order valence-corrected chi connectivity index (χ0v) is 16.6. The minimum Gasteiger partial charge on any atom is -0.484 e. The topological polar surface area (TPSA) is 66.9 Å². The summed E-state index contributed by atoms with van der Waals surface area (Å²) in [7, 11) is -3.45. The van der Waals surface area contributed by atoms with Crippen LogP contribution in [-0.2, 0) is 27.7 Å². The summed E-state index contributed by atoms with van der Waals surface area (Å²) in [6, 6.07) is 9.37. The van der Waals surface area contributed by atoms with E-state index in [-0.39, 0.29) is 12.5 Å². The van der Waals surface area contributed by atoms with E-state index in [0.717, 1.165) is 18.6 Å². The molecular formula is C19H22N2O4S2. The van der Waals surface area contributed by atoms with Gasteiger partial charge in [0.1, 0.15) is 9.96 Å². The predicted octanol–water partition coefficient (Wildman–Crippen LogP) is 2.15. The molecule has 0 saturated carbocycles. The molecule has 1 aliphatic carbocycles. The molecule has 0 atom stereocenters. The number of nitrogens with zero attached hydrogens (tertiary/aromatic N) is 2. The lowest BCUT2D eigenvalue weighted by atomic mass is 10.1. The zero-order chi connectivity index (χ0) is 18.9. The minimum absolute atomic E-state index is 0.0174. The number of hydrogen-bond acceptors (Lipinski definition) is 5. The lowest BCUT2D eigenvalue weighted by Crippen LogP contribution is -2.51. The van der Waals surface area contributed by atoms with Gasteiger partial charge in [0.05, 0.1) is 0 Å². The van der Waals surface area contributed by atoms with Gasteiger partial charge in [-0.15, -0.1) is 11.3 Å². The first kappa shape index (κ1) is 18.5. The van der Waals surface area contributed by atoms with Crippen molar-refractivity contribution in [3.05, 3.63) is 46.8 Å². The van der Waals surface area contributed by atoms with Crippen molar-refractivity contribution in [3.63, 3.8) is 0 Å². The van der Waals surface area contributed by atoms with Crippen LogP contribution in [0.5, 0.6) is 5.75 Å². The fourth-order valence-electron chi connectivity index (χ4n) is 3.59. The van der Waals surface area contributed by atoms with Crippen molar-refractivity contribution in [1.82, 2.24) is 9.21 Å². The van der Waals surface area contributed by atoms with Crippen LogP contribution in [0.25, 0.3) is 0 Å². The van der Waals surface area contributed by atoms with Crippen LogP contribution in [0.3, 0.4) is 0 Å². The van der Waals surface area contributed by atoms with Crippen molar-refractivity contribution in [2.24, 2.45) is 0 Å². The van der Waals surface area contributed by atoms with Gasteiger partial charge >= 0.3 is 0 Å². The Morgan fingerprint density at radius 1 is 1.07 bits per heavy atom. The van der Waals surface area contributed by atoms with Gasteiger partial charge in [0.15, 0.2) is 6.61 Å². The van der Waals surface area contributed by atoms with Gasteiger partial charge in [-0.1, -0.05) is 12.1 Å². The van der Waals surface area contributed by atoms with Crippen molar-refractivity contribution < 1.29 is 17.9 Å². The maximum Gasteiger partial charge on any atom is 0.260 e. The molecule has 144 valence electrons. The standard InChI is InChI=1S/C19H22N2O4S2/c22-18(14-25-17-7-6-15-3-1-4-16(15)13-17)20-8-10-21(11-9-20)27(23,24)19-5-2-12-26-19/h2,5-7,12-13H,1,3-4,8-11,14H2. The Kier molecular flexibility index (Phi) is 5.21. The second-order valence-electron chi connectivity index (χ2n) is 6.79. The normalized spacial score (nSPS) is 17.7. The third-order valence-electron chi connectivity index (χ3n) is 5.11. The van der Waals surface area contributed by atoms with Crippen LogP contribution in [0.15, 0.2) is 39.9 Å². The van der Waals surface area contributed by atoms with Crippen LogP contribution in [0, 0.1) is 0 Å². The summed E-state index contributed by atoms with van der Waals surface area (Å²) in [6.07, 6.45) is 3.37. The summed E-state index contributed by atoms with van der Waals surface area (Å²) in [5.74, 6) is 0.617. The quantitative estimate of drug-likeness (QED) is 0.763. The number of amides is 1. The van der Waals surface area contributed by atoms with Gasteiger partial charge in [-0.25, -0.2) is 8.42 Å². The van der Waals surface area contributed by atoms with Crippen molar-refractivity contribution in [3.8, 4) is 5.75 Å². The van der Waals surface area contributed by atoms with E-state index in [1.54, 1.807) is 22.4 Å². The molecule has 1 saturated heterocycles. The molecule has 0 bridgehead atoms. The maximum absolute atomic E-state index is 12.5. The molecule has 1 aromatic heterocycles. The van der Waals surface area contributed by atoms with E-state index in [1.165, 1.54) is 33.2 Å². The lowest BCUT2D eigenvalue weighted by molar-refractivity contribution is -0.134. The summed E-state index contributed by atoms with van der Waals surface area (Å²) in [5, 5.41) is 1.75. The molecule has 6 nitrogen and oxygen atoms in total. The number of sulfonamides is 1. The van der Waals surface area contributed by atoms with Crippen molar-refractivity contribution in [2.75, 3.05) is 32.8 Å². The monoisotopic (exact) mass is 406 g/mol. The summed E-state index contributed by atoms with van der Waals surface area (Å²) < 4.78 is 32.5. The number of rotatable bonds is 5. The fraction of sp³-hybridized carbons (Fsp3) is 0.421. The summed E-state index contributed by atoms with van der Waals surface area (Å²) in [4.78, 5) is 14.1. The van der Waals surface area contributed by atoms with Crippen molar-refractivity contribution in [2.45, 2.75) is 23.5 Å². The van der Waals surface area contributed by atoms with Gasteiger partial charge in [0.2, 0.25) is 0 Å². The van der Waals surface area contributed by atoms with Crippen molar-refractivity contribution in [1.29, 1.82) is 0 Å². The predicted molar refractivity (Wildman–Crippen MR) is 104 cm³/mol. The molecule has 0 N–H and O–H groups in total. The molecule has 2 aliphatic rings. The van der Waals surface area contributed by atoms with Gasteiger partial charge in [0, 0.05) is 26.2 Å². The number of carbonyl (C=O) groups is 1. The number of benzene rings is 1. The summed E-state index contributed by atoms with van der Waals surface area (Å²) >= 11 is 1.21. The highest BCUT2D eigenvalue weighted by atomic mass is 32.2. The first-order valence-electron chi connectivity index (χ1n) is 9.10. The average molecular weight is 407 g/mol. The second-order valence-corrected chi connectivity index (χ2v) is 9.90. The Morgan fingerprint density at radius 3 is 2.59 bits per heavy atom. The van der Waals surface area contributed by atoms with Crippen LogP contribution < -0.4 is 4.74 Å². The molecule has 2 heterocycles. The van der Waals surface area contributed by atoms with E-state index < -0.39 is 10.0 Å². The number of thiophene rings is 1. The molecule has 0 unspecified atom stereocenters. The number of ether oxygens (including phenoxy) is 1. The Labute approximate surface area is 163 Å². The van der Waals surface area contributed by atoms with Gasteiger partial charge in [-0.2, -0.15) is 4.31 Å². The molecule has 2 aromatic rings. The maximum atomic E-state index is 12.5. The third-order valence-corrected chi connectivity index (χ3v) is 8.38. The highest BCUT2D eigenvalue weighted by Crippen LogP contribution is 2.26. The molecule has 1 aromatic carbocycles.